The Morgan fingerprint density at radius 2 is 1.75 bits per heavy atom. The van der Waals surface area contributed by atoms with Crippen molar-refractivity contribution >= 4 is 0 Å². The molecule has 0 saturated heterocycles. The molecule has 0 atom stereocenters. The zero-order valence-corrected chi connectivity index (χ0v) is 7.56. The molecular weight excluding hydrogens is 153 g/mol. The van der Waals surface area contributed by atoms with E-state index >= 15 is 0 Å². The summed E-state index contributed by atoms with van der Waals surface area (Å²) in [5.74, 6) is 1.06. The number of rotatable bonds is 2. The highest BCUT2D eigenvalue weighted by atomic mass is 19.1. The maximum atomic E-state index is 12.3. The SMILES string of the molecule is NC1(C2CCC(CF)CC2)CC1. The van der Waals surface area contributed by atoms with E-state index in [2.05, 4.69) is 0 Å². The molecule has 2 fully saturated rings. The smallest absolute Gasteiger partial charge is 0.0922 e. The number of hydrogen-bond acceptors (Lipinski definition) is 1. The standard InChI is InChI=1S/C10H18FN/c11-7-8-1-3-9(4-2-8)10(12)5-6-10/h8-9H,1-7,12H2. The molecule has 0 aromatic heterocycles. The normalized spacial score (nSPS) is 39.5. The largest absolute Gasteiger partial charge is 0.325 e. The molecule has 1 nitrogen and oxygen atoms in total. The van der Waals surface area contributed by atoms with Crippen LogP contribution in [0.4, 0.5) is 4.39 Å². The zero-order chi connectivity index (χ0) is 8.60. The van der Waals surface area contributed by atoms with Crippen LogP contribution in [0.15, 0.2) is 0 Å². The molecule has 2 aliphatic rings. The molecule has 2 aliphatic carbocycles. The molecule has 2 rings (SSSR count). The van der Waals surface area contributed by atoms with Crippen LogP contribution in [0.2, 0.25) is 0 Å². The summed E-state index contributed by atoms with van der Waals surface area (Å²) in [5.41, 5.74) is 6.30. The third kappa shape index (κ3) is 1.49. The molecule has 0 aliphatic heterocycles. The van der Waals surface area contributed by atoms with Crippen LogP contribution in [0, 0.1) is 11.8 Å². The van der Waals surface area contributed by atoms with Gasteiger partial charge in [0.2, 0.25) is 0 Å². The van der Waals surface area contributed by atoms with Crippen molar-refractivity contribution in [2.24, 2.45) is 17.6 Å². The molecule has 0 aromatic rings. The Kier molecular flexibility index (Phi) is 2.11. The lowest BCUT2D eigenvalue weighted by Crippen LogP contribution is -2.35. The quantitative estimate of drug-likeness (QED) is 0.677. The lowest BCUT2D eigenvalue weighted by atomic mass is 9.78. The third-order valence-corrected chi connectivity index (χ3v) is 3.71. The van der Waals surface area contributed by atoms with Crippen LogP contribution in [-0.4, -0.2) is 12.2 Å². The molecule has 2 saturated carbocycles. The summed E-state index contributed by atoms with van der Waals surface area (Å²) in [6, 6.07) is 0. The summed E-state index contributed by atoms with van der Waals surface area (Å²) in [7, 11) is 0. The minimum Gasteiger partial charge on any atom is -0.325 e. The Labute approximate surface area is 73.5 Å². The number of hydrogen-bond donors (Lipinski definition) is 1. The first-order chi connectivity index (χ1) is 5.74. The Balaban J connectivity index is 1.82. The molecule has 2 heteroatoms. The van der Waals surface area contributed by atoms with Gasteiger partial charge in [0.1, 0.15) is 0 Å². The van der Waals surface area contributed by atoms with Gasteiger partial charge in [0.25, 0.3) is 0 Å². The van der Waals surface area contributed by atoms with Gasteiger partial charge in [-0.1, -0.05) is 0 Å². The molecule has 0 radical (unpaired) electrons. The van der Waals surface area contributed by atoms with Crippen molar-refractivity contribution in [1.29, 1.82) is 0 Å². The average Bonchev–Trinajstić information content (AvgIpc) is 2.85. The minimum absolute atomic E-state index is 0.121. The monoisotopic (exact) mass is 171 g/mol. The summed E-state index contributed by atoms with van der Waals surface area (Å²) in [6.07, 6.45) is 6.90. The third-order valence-electron chi connectivity index (χ3n) is 3.71. The molecule has 70 valence electrons. The summed E-state index contributed by atoms with van der Waals surface area (Å²) in [5, 5.41) is 0. The van der Waals surface area contributed by atoms with Crippen molar-refractivity contribution in [3.05, 3.63) is 0 Å². The summed E-state index contributed by atoms with van der Waals surface area (Å²) >= 11 is 0. The van der Waals surface area contributed by atoms with E-state index in [0.717, 1.165) is 12.8 Å². The highest BCUT2D eigenvalue weighted by Gasteiger charge is 2.46. The highest BCUT2D eigenvalue weighted by Crippen LogP contribution is 2.46. The minimum atomic E-state index is -0.121. The van der Waals surface area contributed by atoms with Crippen LogP contribution in [0.25, 0.3) is 0 Å². The van der Waals surface area contributed by atoms with E-state index in [4.69, 9.17) is 5.73 Å². The van der Waals surface area contributed by atoms with Gasteiger partial charge < -0.3 is 5.73 Å². The van der Waals surface area contributed by atoms with Gasteiger partial charge in [-0.25, -0.2) is 0 Å². The Morgan fingerprint density at radius 3 is 2.17 bits per heavy atom. The molecule has 0 bridgehead atoms. The maximum Gasteiger partial charge on any atom is 0.0922 e. The molecule has 2 N–H and O–H groups in total. The van der Waals surface area contributed by atoms with Crippen LogP contribution >= 0.6 is 0 Å². The van der Waals surface area contributed by atoms with Gasteiger partial charge in [0.15, 0.2) is 0 Å². The first-order valence-electron chi connectivity index (χ1n) is 5.09. The predicted molar refractivity (Wildman–Crippen MR) is 47.6 cm³/mol. The fourth-order valence-electron chi connectivity index (χ4n) is 2.44. The van der Waals surface area contributed by atoms with E-state index < -0.39 is 0 Å². The Morgan fingerprint density at radius 1 is 1.17 bits per heavy atom. The second kappa shape index (κ2) is 2.99. The number of nitrogens with two attached hydrogens (primary N) is 1. The van der Waals surface area contributed by atoms with Gasteiger partial charge in [-0.15, -0.1) is 0 Å². The first-order valence-corrected chi connectivity index (χ1v) is 5.09. The molecule has 0 heterocycles. The fraction of sp³-hybridized carbons (Fsp3) is 1.00. The lowest BCUT2D eigenvalue weighted by Gasteiger charge is -2.31. The number of alkyl halides is 1. The Bertz CT molecular complexity index is 157. The summed E-state index contributed by atoms with van der Waals surface area (Å²) < 4.78 is 12.3. The summed E-state index contributed by atoms with van der Waals surface area (Å²) in [6.45, 7) is -0.121. The average molecular weight is 171 g/mol. The van der Waals surface area contributed by atoms with E-state index in [1.807, 2.05) is 0 Å². The fourth-order valence-corrected chi connectivity index (χ4v) is 2.44. The number of halogens is 1. The van der Waals surface area contributed by atoms with Crippen molar-refractivity contribution in [1.82, 2.24) is 0 Å². The molecular formula is C10H18FN. The highest BCUT2D eigenvalue weighted by molar-refractivity contribution is 5.04. The first kappa shape index (κ1) is 8.49. The van der Waals surface area contributed by atoms with Crippen LogP contribution in [-0.2, 0) is 0 Å². The van der Waals surface area contributed by atoms with Crippen LogP contribution in [0.5, 0.6) is 0 Å². The van der Waals surface area contributed by atoms with Crippen molar-refractivity contribution < 1.29 is 4.39 Å². The van der Waals surface area contributed by atoms with Crippen molar-refractivity contribution in [3.63, 3.8) is 0 Å². The second-order valence-corrected chi connectivity index (χ2v) is 4.61. The molecule has 0 spiro atoms. The van der Waals surface area contributed by atoms with Crippen LogP contribution in [0.1, 0.15) is 38.5 Å². The van der Waals surface area contributed by atoms with Crippen LogP contribution < -0.4 is 5.73 Å². The molecule has 0 unspecified atom stereocenters. The second-order valence-electron chi connectivity index (χ2n) is 4.61. The van der Waals surface area contributed by atoms with Crippen molar-refractivity contribution in [2.75, 3.05) is 6.67 Å². The van der Waals surface area contributed by atoms with E-state index in [9.17, 15) is 4.39 Å². The molecule has 0 amide bonds. The van der Waals surface area contributed by atoms with E-state index in [0.29, 0.717) is 11.8 Å². The van der Waals surface area contributed by atoms with Gasteiger partial charge in [0.05, 0.1) is 6.67 Å². The maximum absolute atomic E-state index is 12.3. The van der Waals surface area contributed by atoms with Gasteiger partial charge in [-0.3, -0.25) is 4.39 Å². The lowest BCUT2D eigenvalue weighted by molar-refractivity contribution is 0.203. The Hall–Kier alpha value is -0.110. The van der Waals surface area contributed by atoms with Crippen molar-refractivity contribution in [2.45, 2.75) is 44.1 Å². The molecule has 0 aromatic carbocycles. The predicted octanol–water partition coefficient (Wildman–Crippen LogP) is 2.25. The van der Waals surface area contributed by atoms with E-state index in [-0.39, 0.29) is 12.2 Å². The van der Waals surface area contributed by atoms with Gasteiger partial charge >= 0.3 is 0 Å². The van der Waals surface area contributed by atoms with Gasteiger partial charge in [-0.2, -0.15) is 0 Å². The van der Waals surface area contributed by atoms with E-state index in [1.54, 1.807) is 0 Å². The summed E-state index contributed by atoms with van der Waals surface area (Å²) in [4.78, 5) is 0. The van der Waals surface area contributed by atoms with E-state index in [1.165, 1.54) is 25.7 Å². The van der Waals surface area contributed by atoms with Gasteiger partial charge in [0, 0.05) is 5.54 Å². The van der Waals surface area contributed by atoms with Gasteiger partial charge in [-0.05, 0) is 50.4 Å². The zero-order valence-electron chi connectivity index (χ0n) is 7.56. The molecule has 12 heavy (non-hydrogen) atoms. The van der Waals surface area contributed by atoms with Crippen molar-refractivity contribution in [3.8, 4) is 0 Å². The topological polar surface area (TPSA) is 26.0 Å². The van der Waals surface area contributed by atoms with Crippen LogP contribution in [0.3, 0.4) is 0 Å².